The first-order valence-electron chi connectivity index (χ1n) is 7.55. The molecule has 2 aromatic rings. The Hall–Kier alpha value is -2.55. The normalized spacial score (nSPS) is 10.6. The van der Waals surface area contributed by atoms with E-state index in [0.717, 1.165) is 18.4 Å². The molecule has 2 aromatic carbocycles. The molecule has 0 bridgehead atoms. The van der Waals surface area contributed by atoms with Gasteiger partial charge in [-0.15, -0.1) is 0 Å². The Balaban J connectivity index is 1.98. The minimum atomic E-state index is -0.171. The van der Waals surface area contributed by atoms with Crippen LogP contribution in [-0.2, 0) is 4.79 Å². The highest BCUT2D eigenvalue weighted by Crippen LogP contribution is 2.24. The van der Waals surface area contributed by atoms with E-state index in [1.807, 2.05) is 54.6 Å². The zero-order chi connectivity index (χ0) is 15.6. The lowest BCUT2D eigenvalue weighted by Gasteiger charge is -2.11. The van der Waals surface area contributed by atoms with Crippen LogP contribution in [-0.4, -0.2) is 12.5 Å². The molecule has 0 aliphatic carbocycles. The highest BCUT2D eigenvalue weighted by atomic mass is 16.5. The Morgan fingerprint density at radius 3 is 2.59 bits per heavy atom. The van der Waals surface area contributed by atoms with Crippen LogP contribution in [0.2, 0.25) is 0 Å². The van der Waals surface area contributed by atoms with E-state index in [-0.39, 0.29) is 5.91 Å². The minimum absolute atomic E-state index is 0.171. The largest absolute Gasteiger partial charge is 0.491 e. The smallest absolute Gasteiger partial charge is 0.248 e. The molecule has 0 atom stereocenters. The van der Waals surface area contributed by atoms with Crippen LogP contribution in [0, 0.1) is 0 Å². The van der Waals surface area contributed by atoms with Gasteiger partial charge in [-0.2, -0.15) is 0 Å². The summed E-state index contributed by atoms with van der Waals surface area (Å²) in [5.41, 5.74) is 1.69. The summed E-state index contributed by atoms with van der Waals surface area (Å²) >= 11 is 0. The first-order chi connectivity index (χ1) is 10.8. The van der Waals surface area contributed by atoms with Gasteiger partial charge in [-0.1, -0.05) is 55.8 Å². The zero-order valence-corrected chi connectivity index (χ0v) is 12.8. The van der Waals surface area contributed by atoms with Gasteiger partial charge in [-0.05, 0) is 30.2 Å². The van der Waals surface area contributed by atoms with Crippen molar-refractivity contribution in [2.75, 3.05) is 11.9 Å². The van der Waals surface area contributed by atoms with Gasteiger partial charge < -0.3 is 10.1 Å². The van der Waals surface area contributed by atoms with Crippen LogP contribution in [0.15, 0.2) is 60.7 Å². The van der Waals surface area contributed by atoms with Gasteiger partial charge in [0.25, 0.3) is 0 Å². The van der Waals surface area contributed by atoms with Crippen molar-refractivity contribution in [2.45, 2.75) is 19.8 Å². The van der Waals surface area contributed by atoms with Crippen molar-refractivity contribution < 1.29 is 9.53 Å². The molecule has 0 fully saturated rings. The fraction of sp³-hybridized carbons (Fsp3) is 0.211. The van der Waals surface area contributed by atoms with Gasteiger partial charge in [0.1, 0.15) is 5.75 Å². The lowest BCUT2D eigenvalue weighted by Crippen LogP contribution is -2.09. The fourth-order valence-electron chi connectivity index (χ4n) is 1.93. The second-order valence-corrected chi connectivity index (χ2v) is 4.93. The second kappa shape index (κ2) is 8.67. The molecule has 0 aliphatic rings. The summed E-state index contributed by atoms with van der Waals surface area (Å²) in [6.07, 6.45) is 5.39. The Morgan fingerprint density at radius 1 is 1.09 bits per heavy atom. The second-order valence-electron chi connectivity index (χ2n) is 4.93. The molecule has 0 saturated heterocycles. The summed E-state index contributed by atoms with van der Waals surface area (Å²) in [7, 11) is 0. The molecule has 1 amide bonds. The molecular weight excluding hydrogens is 274 g/mol. The summed E-state index contributed by atoms with van der Waals surface area (Å²) in [5, 5.41) is 2.86. The maximum Gasteiger partial charge on any atom is 0.248 e. The van der Waals surface area contributed by atoms with Crippen molar-refractivity contribution in [1.29, 1.82) is 0 Å². The Labute approximate surface area is 131 Å². The molecule has 2 rings (SSSR count). The van der Waals surface area contributed by atoms with E-state index < -0.39 is 0 Å². The van der Waals surface area contributed by atoms with E-state index in [2.05, 4.69) is 12.2 Å². The first-order valence-corrected chi connectivity index (χ1v) is 7.55. The SMILES string of the molecule is CCCCOc1ccccc1NC(=O)/C=C\c1ccccc1. The fourth-order valence-corrected chi connectivity index (χ4v) is 1.93. The number of benzene rings is 2. The Bertz CT molecular complexity index is 620. The van der Waals surface area contributed by atoms with E-state index in [9.17, 15) is 4.79 Å². The summed E-state index contributed by atoms with van der Waals surface area (Å²) in [5.74, 6) is 0.535. The van der Waals surface area contributed by atoms with Crippen LogP contribution in [0.1, 0.15) is 25.3 Å². The number of rotatable bonds is 7. The number of amides is 1. The number of unbranched alkanes of at least 4 members (excludes halogenated alkanes) is 1. The van der Waals surface area contributed by atoms with Gasteiger partial charge in [0.05, 0.1) is 12.3 Å². The molecule has 0 spiro atoms. The van der Waals surface area contributed by atoms with Crippen molar-refractivity contribution in [1.82, 2.24) is 0 Å². The van der Waals surface area contributed by atoms with E-state index in [4.69, 9.17) is 4.74 Å². The summed E-state index contributed by atoms with van der Waals surface area (Å²) in [6.45, 7) is 2.77. The van der Waals surface area contributed by atoms with Gasteiger partial charge >= 0.3 is 0 Å². The van der Waals surface area contributed by atoms with Crippen LogP contribution in [0.3, 0.4) is 0 Å². The third-order valence-corrected chi connectivity index (χ3v) is 3.13. The molecule has 0 heterocycles. The number of ether oxygens (including phenoxy) is 1. The Morgan fingerprint density at radius 2 is 1.82 bits per heavy atom. The maximum absolute atomic E-state index is 12.0. The number of hydrogen-bond acceptors (Lipinski definition) is 2. The van der Waals surface area contributed by atoms with Crippen LogP contribution >= 0.6 is 0 Å². The average Bonchev–Trinajstić information content (AvgIpc) is 2.56. The Kier molecular flexibility index (Phi) is 6.24. The molecule has 22 heavy (non-hydrogen) atoms. The van der Waals surface area contributed by atoms with Crippen LogP contribution in [0.25, 0.3) is 6.08 Å². The van der Waals surface area contributed by atoms with E-state index >= 15 is 0 Å². The lowest BCUT2D eigenvalue weighted by atomic mass is 10.2. The zero-order valence-electron chi connectivity index (χ0n) is 12.8. The van der Waals surface area contributed by atoms with Crippen LogP contribution in [0.5, 0.6) is 5.75 Å². The van der Waals surface area contributed by atoms with Crippen molar-refractivity contribution in [3.05, 3.63) is 66.2 Å². The van der Waals surface area contributed by atoms with Crippen molar-refractivity contribution in [3.8, 4) is 5.75 Å². The molecule has 0 radical (unpaired) electrons. The molecule has 0 aromatic heterocycles. The summed E-state index contributed by atoms with van der Waals surface area (Å²) in [6, 6.07) is 17.2. The monoisotopic (exact) mass is 295 g/mol. The molecule has 3 nitrogen and oxygen atoms in total. The number of anilines is 1. The maximum atomic E-state index is 12.0. The standard InChI is InChI=1S/C19H21NO2/c1-2-3-15-22-18-12-8-7-11-17(18)20-19(21)14-13-16-9-5-4-6-10-16/h4-14H,2-3,15H2,1H3,(H,20,21)/b14-13-. The number of hydrogen-bond donors (Lipinski definition) is 1. The molecule has 114 valence electrons. The van der Waals surface area contributed by atoms with Gasteiger partial charge in [0.15, 0.2) is 0 Å². The van der Waals surface area contributed by atoms with E-state index in [0.29, 0.717) is 18.0 Å². The number of carbonyl (C=O) groups is 1. The number of carbonyl (C=O) groups excluding carboxylic acids is 1. The first kappa shape index (κ1) is 15.8. The van der Waals surface area contributed by atoms with Gasteiger partial charge in [0.2, 0.25) is 5.91 Å². The molecule has 0 saturated carbocycles. The van der Waals surface area contributed by atoms with Crippen molar-refractivity contribution in [2.24, 2.45) is 0 Å². The third kappa shape index (κ3) is 5.09. The van der Waals surface area contributed by atoms with Crippen molar-refractivity contribution in [3.63, 3.8) is 0 Å². The summed E-state index contributed by atoms with van der Waals surface area (Å²) in [4.78, 5) is 12.0. The molecule has 0 unspecified atom stereocenters. The average molecular weight is 295 g/mol. The highest BCUT2D eigenvalue weighted by Gasteiger charge is 2.05. The lowest BCUT2D eigenvalue weighted by molar-refractivity contribution is -0.111. The predicted octanol–water partition coefficient (Wildman–Crippen LogP) is 4.52. The summed E-state index contributed by atoms with van der Waals surface area (Å²) < 4.78 is 5.70. The van der Waals surface area contributed by atoms with Crippen LogP contribution in [0.4, 0.5) is 5.69 Å². The quantitative estimate of drug-likeness (QED) is 0.602. The van der Waals surface area contributed by atoms with E-state index in [1.165, 1.54) is 6.08 Å². The van der Waals surface area contributed by atoms with Gasteiger partial charge in [-0.25, -0.2) is 0 Å². The molecular formula is C19H21NO2. The minimum Gasteiger partial charge on any atom is -0.491 e. The molecule has 3 heteroatoms. The molecule has 1 N–H and O–H groups in total. The number of para-hydroxylation sites is 2. The van der Waals surface area contributed by atoms with Crippen LogP contribution < -0.4 is 10.1 Å². The van der Waals surface area contributed by atoms with Crippen molar-refractivity contribution >= 4 is 17.7 Å². The number of nitrogens with one attached hydrogen (secondary N) is 1. The molecule has 0 aliphatic heterocycles. The third-order valence-electron chi connectivity index (χ3n) is 3.13. The topological polar surface area (TPSA) is 38.3 Å². The highest BCUT2D eigenvalue weighted by molar-refractivity contribution is 6.02. The predicted molar refractivity (Wildman–Crippen MR) is 91.0 cm³/mol. The van der Waals surface area contributed by atoms with Gasteiger partial charge in [0, 0.05) is 6.08 Å². The van der Waals surface area contributed by atoms with Gasteiger partial charge in [-0.3, -0.25) is 4.79 Å². The van der Waals surface area contributed by atoms with E-state index in [1.54, 1.807) is 6.08 Å².